The smallest absolute Gasteiger partial charge is 0.323 e. The number of fused-ring (bicyclic) bond motifs is 1. The van der Waals surface area contributed by atoms with Crippen LogP contribution in [0.2, 0.25) is 0 Å². The van der Waals surface area contributed by atoms with Gasteiger partial charge in [0.05, 0.1) is 36.8 Å². The number of methoxy groups -OCH3 is 1. The first-order valence-electron chi connectivity index (χ1n) is 13.7. The third-order valence-electron chi connectivity index (χ3n) is 7.40. The Bertz CT molecular complexity index is 1550. The summed E-state index contributed by atoms with van der Waals surface area (Å²) in [7, 11) is -0.894. The molecule has 3 amide bonds. The van der Waals surface area contributed by atoms with E-state index in [0.29, 0.717) is 28.6 Å². The van der Waals surface area contributed by atoms with Gasteiger partial charge in [-0.25, -0.2) is 13.2 Å². The maximum absolute atomic E-state index is 13.7. The second-order valence-corrected chi connectivity index (χ2v) is 12.6. The van der Waals surface area contributed by atoms with E-state index in [1.807, 2.05) is 6.92 Å². The molecule has 1 aliphatic rings. The summed E-state index contributed by atoms with van der Waals surface area (Å²) in [5, 5.41) is 19.1. The van der Waals surface area contributed by atoms with E-state index in [4.69, 9.17) is 14.0 Å². The van der Waals surface area contributed by atoms with Gasteiger partial charge in [-0.1, -0.05) is 12.1 Å². The summed E-state index contributed by atoms with van der Waals surface area (Å²) in [6, 6.07) is 9.64. The molecule has 0 spiro atoms. The maximum Gasteiger partial charge on any atom is 0.323 e. The summed E-state index contributed by atoms with van der Waals surface area (Å²) in [4.78, 5) is 28.1. The normalized spacial score (nSPS) is 17.9. The summed E-state index contributed by atoms with van der Waals surface area (Å²) >= 11 is 0. The number of aliphatic hydroxyl groups is 1. The zero-order valence-corrected chi connectivity index (χ0v) is 25.8. The first-order valence-corrected chi connectivity index (χ1v) is 15.1. The van der Waals surface area contributed by atoms with Crippen LogP contribution in [-0.4, -0.2) is 85.8 Å². The molecule has 1 aliphatic heterocycles. The Morgan fingerprint density at radius 3 is 2.51 bits per heavy atom. The lowest BCUT2D eigenvalue weighted by Crippen LogP contribution is -2.50. The number of aromatic nitrogens is 1. The molecule has 2 heterocycles. The summed E-state index contributed by atoms with van der Waals surface area (Å²) in [6.07, 6.45) is -0.653. The van der Waals surface area contributed by atoms with Gasteiger partial charge in [0.25, 0.3) is 5.91 Å². The van der Waals surface area contributed by atoms with Gasteiger partial charge in [-0.2, -0.15) is 4.31 Å². The van der Waals surface area contributed by atoms with Gasteiger partial charge >= 0.3 is 6.03 Å². The number of urea groups is 1. The standard InChI is InChI=1S/C29H37N5O8S/c1-17-14-34(18(2)16-35)28(36)24-13-21(30-29(37)31-27-19(3)32-42-20(27)4)7-12-25(24)41-26(17)15-33(5)43(38,39)23-10-8-22(40-6)9-11-23/h7-13,17-18,26,35H,14-16H2,1-6H3,(H2,30,31,37)/t17-,18+,26-/m0/s1. The van der Waals surface area contributed by atoms with E-state index < -0.39 is 34.1 Å². The number of carbonyl (C=O) groups is 2. The summed E-state index contributed by atoms with van der Waals surface area (Å²) in [5.41, 5.74) is 1.44. The Labute approximate surface area is 250 Å². The van der Waals surface area contributed by atoms with Crippen molar-refractivity contribution in [1.82, 2.24) is 14.4 Å². The number of aryl methyl sites for hydroxylation is 2. The van der Waals surface area contributed by atoms with Gasteiger partial charge in [0, 0.05) is 25.2 Å². The highest BCUT2D eigenvalue weighted by molar-refractivity contribution is 7.89. The maximum atomic E-state index is 13.7. The SMILES string of the molecule is COc1ccc(S(=O)(=O)N(C)C[C@@H]2Oc3ccc(NC(=O)Nc4c(C)noc4C)cc3C(=O)N([C@H](C)CO)C[C@@H]2C)cc1. The van der Waals surface area contributed by atoms with Gasteiger partial charge in [-0.05, 0) is 63.2 Å². The van der Waals surface area contributed by atoms with Crippen LogP contribution < -0.4 is 20.1 Å². The molecule has 3 N–H and O–H groups in total. The van der Waals surface area contributed by atoms with Crippen LogP contribution in [0.3, 0.4) is 0 Å². The van der Waals surface area contributed by atoms with Crippen LogP contribution in [0.15, 0.2) is 51.9 Å². The summed E-state index contributed by atoms with van der Waals surface area (Å²) in [5.74, 6) is 0.507. The second-order valence-electron chi connectivity index (χ2n) is 10.6. The molecule has 0 saturated carbocycles. The molecular weight excluding hydrogens is 578 g/mol. The van der Waals surface area contributed by atoms with Crippen LogP contribution in [0.5, 0.6) is 11.5 Å². The molecule has 2 aromatic carbocycles. The number of carbonyl (C=O) groups excluding carboxylic acids is 2. The van der Waals surface area contributed by atoms with Crippen LogP contribution >= 0.6 is 0 Å². The molecular formula is C29H37N5O8S. The zero-order valence-electron chi connectivity index (χ0n) is 24.9. The number of benzene rings is 2. The van der Waals surface area contributed by atoms with Crippen molar-refractivity contribution in [2.24, 2.45) is 5.92 Å². The van der Waals surface area contributed by atoms with E-state index in [1.54, 1.807) is 45.0 Å². The number of nitrogens with one attached hydrogen (secondary N) is 2. The van der Waals surface area contributed by atoms with Crippen molar-refractivity contribution in [3.63, 3.8) is 0 Å². The minimum Gasteiger partial charge on any atom is -0.497 e. The number of likely N-dealkylation sites (N-methyl/N-ethyl adjacent to an activating group) is 1. The van der Waals surface area contributed by atoms with Crippen LogP contribution in [0.1, 0.15) is 35.7 Å². The van der Waals surface area contributed by atoms with Gasteiger partial charge in [0.1, 0.15) is 29.0 Å². The zero-order chi connectivity index (χ0) is 31.5. The van der Waals surface area contributed by atoms with Crippen molar-refractivity contribution in [2.75, 3.05) is 44.5 Å². The Hall–Kier alpha value is -4.14. The Morgan fingerprint density at radius 1 is 1.21 bits per heavy atom. The number of amides is 3. The molecule has 232 valence electrons. The number of nitrogens with zero attached hydrogens (tertiary/aromatic N) is 3. The molecule has 0 aliphatic carbocycles. The molecule has 0 unspecified atom stereocenters. The molecule has 0 bridgehead atoms. The fourth-order valence-electron chi connectivity index (χ4n) is 4.73. The van der Waals surface area contributed by atoms with Crippen molar-refractivity contribution in [1.29, 1.82) is 0 Å². The number of ether oxygens (including phenoxy) is 2. The largest absolute Gasteiger partial charge is 0.497 e. The van der Waals surface area contributed by atoms with Gasteiger partial charge < -0.3 is 34.6 Å². The minimum absolute atomic E-state index is 0.00957. The van der Waals surface area contributed by atoms with Gasteiger partial charge in [0.15, 0.2) is 5.76 Å². The Kier molecular flexibility index (Phi) is 9.62. The third-order valence-corrected chi connectivity index (χ3v) is 9.24. The molecule has 0 saturated heterocycles. The molecule has 4 rings (SSSR count). The number of sulfonamides is 1. The van der Waals surface area contributed by atoms with Crippen molar-refractivity contribution >= 4 is 33.3 Å². The molecule has 0 radical (unpaired) electrons. The first kappa shape index (κ1) is 31.8. The van der Waals surface area contributed by atoms with E-state index in [-0.39, 0.29) is 41.8 Å². The van der Waals surface area contributed by atoms with Crippen molar-refractivity contribution in [3.05, 3.63) is 59.5 Å². The van der Waals surface area contributed by atoms with Crippen LogP contribution in [0.25, 0.3) is 0 Å². The number of anilines is 2. The molecule has 14 heteroatoms. The molecule has 43 heavy (non-hydrogen) atoms. The highest BCUT2D eigenvalue weighted by atomic mass is 32.2. The average molecular weight is 616 g/mol. The highest BCUT2D eigenvalue weighted by Crippen LogP contribution is 2.31. The van der Waals surface area contributed by atoms with E-state index in [9.17, 15) is 23.1 Å². The van der Waals surface area contributed by atoms with Crippen molar-refractivity contribution in [2.45, 2.75) is 44.7 Å². The number of aliphatic hydroxyl groups excluding tert-OH is 1. The predicted octanol–water partition coefficient (Wildman–Crippen LogP) is 3.48. The average Bonchev–Trinajstić information content (AvgIpc) is 3.30. The fourth-order valence-corrected chi connectivity index (χ4v) is 5.92. The monoisotopic (exact) mass is 615 g/mol. The predicted molar refractivity (Wildman–Crippen MR) is 159 cm³/mol. The van der Waals surface area contributed by atoms with E-state index in [1.165, 1.54) is 41.6 Å². The van der Waals surface area contributed by atoms with E-state index >= 15 is 0 Å². The molecule has 0 fully saturated rings. The van der Waals surface area contributed by atoms with Crippen LogP contribution in [-0.2, 0) is 10.0 Å². The lowest BCUT2D eigenvalue weighted by Gasteiger charge is -2.38. The molecule has 1 aromatic heterocycles. The number of rotatable bonds is 9. The Morgan fingerprint density at radius 2 is 1.91 bits per heavy atom. The van der Waals surface area contributed by atoms with Crippen molar-refractivity contribution < 1.29 is 37.1 Å². The lowest BCUT2D eigenvalue weighted by molar-refractivity contribution is 0.0387. The van der Waals surface area contributed by atoms with Gasteiger partial charge in [-0.15, -0.1) is 0 Å². The molecule has 13 nitrogen and oxygen atoms in total. The minimum atomic E-state index is -3.87. The number of hydrogen-bond donors (Lipinski definition) is 3. The van der Waals surface area contributed by atoms with Gasteiger partial charge in [0.2, 0.25) is 10.0 Å². The third kappa shape index (κ3) is 6.92. The van der Waals surface area contributed by atoms with E-state index in [0.717, 1.165) is 0 Å². The number of hydrogen-bond acceptors (Lipinski definition) is 9. The topological polar surface area (TPSA) is 164 Å². The quantitative estimate of drug-likeness (QED) is 0.327. The van der Waals surface area contributed by atoms with Crippen LogP contribution in [0, 0.1) is 19.8 Å². The molecule has 3 aromatic rings. The van der Waals surface area contributed by atoms with E-state index in [2.05, 4.69) is 15.8 Å². The second kappa shape index (κ2) is 13.0. The van der Waals surface area contributed by atoms with Gasteiger partial charge in [-0.3, -0.25) is 4.79 Å². The lowest BCUT2D eigenvalue weighted by atomic mass is 9.99. The van der Waals surface area contributed by atoms with Crippen LogP contribution in [0.4, 0.5) is 16.2 Å². The highest BCUT2D eigenvalue weighted by Gasteiger charge is 2.35. The summed E-state index contributed by atoms with van der Waals surface area (Å²) in [6.45, 7) is 6.87. The first-order chi connectivity index (χ1) is 20.3. The molecule has 3 atom stereocenters. The summed E-state index contributed by atoms with van der Waals surface area (Å²) < 4.78 is 44.5. The Balaban J connectivity index is 1.61. The fraction of sp³-hybridized carbons (Fsp3) is 0.414. The van der Waals surface area contributed by atoms with Crippen molar-refractivity contribution in [3.8, 4) is 11.5 Å².